The van der Waals surface area contributed by atoms with E-state index in [4.69, 9.17) is 16.6 Å². The van der Waals surface area contributed by atoms with Crippen molar-refractivity contribution in [1.82, 2.24) is 0 Å². The van der Waals surface area contributed by atoms with Gasteiger partial charge in [-0.3, -0.25) is 0 Å². The predicted octanol–water partition coefficient (Wildman–Crippen LogP) is 2.92. The van der Waals surface area contributed by atoms with Gasteiger partial charge in [0.2, 0.25) is 0 Å². The summed E-state index contributed by atoms with van der Waals surface area (Å²) >= 11 is 5.01. The van der Waals surface area contributed by atoms with Gasteiger partial charge in [-0.1, -0.05) is 13.3 Å². The first kappa shape index (κ1) is 13.7. The highest BCUT2D eigenvalue weighted by Crippen LogP contribution is 2.22. The van der Waals surface area contributed by atoms with Crippen LogP contribution in [0.25, 0.3) is 0 Å². The van der Waals surface area contributed by atoms with Crippen LogP contribution in [0.1, 0.15) is 40.0 Å². The Morgan fingerprint density at radius 2 is 2.00 bits per heavy atom. The van der Waals surface area contributed by atoms with Gasteiger partial charge >= 0.3 is 5.97 Å². The second-order valence-electron chi connectivity index (χ2n) is 3.96. The lowest BCUT2D eigenvalue weighted by Crippen LogP contribution is -2.26. The first-order valence-electron chi connectivity index (χ1n) is 4.95. The monoisotopic (exact) mass is 222 g/mol. The van der Waals surface area contributed by atoms with E-state index in [2.05, 4.69) is 11.2 Å². The van der Waals surface area contributed by atoms with Gasteiger partial charge in [0.1, 0.15) is 11.9 Å². The fraction of sp³-hybridized carbons (Fsp3) is 0.900. The van der Waals surface area contributed by atoms with Gasteiger partial charge in [-0.25, -0.2) is 4.79 Å². The molecule has 14 heavy (non-hydrogen) atoms. The molecule has 0 aliphatic rings. The van der Waals surface area contributed by atoms with Crippen molar-refractivity contribution in [2.24, 2.45) is 5.41 Å². The third-order valence-corrected chi connectivity index (χ3v) is 2.28. The number of rotatable bonds is 7. The van der Waals surface area contributed by atoms with E-state index in [0.717, 1.165) is 19.4 Å². The van der Waals surface area contributed by atoms with Crippen molar-refractivity contribution in [3.8, 4) is 0 Å². The Bertz CT molecular complexity index is 169. The van der Waals surface area contributed by atoms with Crippen molar-refractivity contribution in [2.45, 2.75) is 40.0 Å². The summed E-state index contributed by atoms with van der Waals surface area (Å²) in [6, 6.07) is 0. The Morgan fingerprint density at radius 1 is 1.36 bits per heavy atom. The van der Waals surface area contributed by atoms with Crippen LogP contribution in [0.5, 0.6) is 0 Å². The first-order chi connectivity index (χ1) is 6.54. The number of hydrogen-bond donors (Lipinski definition) is 0. The molecule has 0 amide bonds. The van der Waals surface area contributed by atoms with Crippen molar-refractivity contribution < 1.29 is 13.8 Å². The van der Waals surface area contributed by atoms with Gasteiger partial charge in [0.05, 0.1) is 5.41 Å². The number of halogens is 1. The normalized spacial score (nSPS) is 11.4. The lowest BCUT2D eigenvalue weighted by atomic mass is 9.90. The van der Waals surface area contributed by atoms with E-state index in [1.54, 1.807) is 13.8 Å². The van der Waals surface area contributed by atoms with E-state index in [0.29, 0.717) is 13.0 Å². The molecular weight excluding hydrogens is 204 g/mol. The molecule has 0 heterocycles. The zero-order valence-electron chi connectivity index (χ0n) is 9.14. The van der Waals surface area contributed by atoms with Crippen LogP contribution in [0.3, 0.4) is 0 Å². The molecule has 84 valence electrons. The molecule has 0 aromatic carbocycles. The summed E-state index contributed by atoms with van der Waals surface area (Å²) in [7, 11) is 0. The highest BCUT2D eigenvalue weighted by Gasteiger charge is 2.29. The number of carbonyl (C=O) groups is 1. The fourth-order valence-corrected chi connectivity index (χ4v) is 1.09. The summed E-state index contributed by atoms with van der Waals surface area (Å²) in [5, 5.41) is 0. The van der Waals surface area contributed by atoms with Gasteiger partial charge in [-0.15, -0.1) is 0 Å². The molecule has 0 radical (unpaired) electrons. The second kappa shape index (κ2) is 7.07. The Hall–Kier alpha value is -0.280. The summed E-state index contributed by atoms with van der Waals surface area (Å²) in [6.45, 7) is 7.02. The van der Waals surface area contributed by atoms with Crippen LogP contribution >= 0.6 is 11.9 Å². The van der Waals surface area contributed by atoms with Gasteiger partial charge in [0.15, 0.2) is 0 Å². The van der Waals surface area contributed by atoms with Gasteiger partial charge < -0.3 is 9.03 Å². The molecule has 0 fully saturated rings. The van der Waals surface area contributed by atoms with Crippen molar-refractivity contribution in [3.05, 3.63) is 0 Å². The Labute approximate surface area is 90.9 Å². The molecule has 0 aliphatic carbocycles. The lowest BCUT2D eigenvalue weighted by molar-refractivity contribution is -0.144. The van der Waals surface area contributed by atoms with Crippen molar-refractivity contribution in [3.63, 3.8) is 0 Å². The molecule has 3 nitrogen and oxygen atoms in total. The van der Waals surface area contributed by atoms with Crippen LogP contribution in [0.2, 0.25) is 0 Å². The molecule has 0 N–H and O–H groups in total. The van der Waals surface area contributed by atoms with Crippen LogP contribution in [0, 0.1) is 5.41 Å². The quantitative estimate of drug-likeness (QED) is 0.622. The Balaban J connectivity index is 3.60. The molecular formula is C10H19ClO3. The Morgan fingerprint density at radius 3 is 2.50 bits per heavy atom. The maximum absolute atomic E-state index is 11.1. The summed E-state index contributed by atoms with van der Waals surface area (Å²) in [6.07, 6.45) is 2.80. The van der Waals surface area contributed by atoms with Crippen molar-refractivity contribution in [1.29, 1.82) is 0 Å². The molecule has 0 saturated heterocycles. The van der Waals surface area contributed by atoms with Crippen LogP contribution in [0.15, 0.2) is 0 Å². The summed E-state index contributed by atoms with van der Waals surface area (Å²) < 4.78 is 9.52. The predicted molar refractivity (Wildman–Crippen MR) is 56.1 cm³/mol. The fourth-order valence-electron chi connectivity index (χ4n) is 0.882. The topological polar surface area (TPSA) is 35.5 Å². The maximum Gasteiger partial charge on any atom is 0.330 e. The van der Waals surface area contributed by atoms with Gasteiger partial charge in [0, 0.05) is 13.2 Å². The third-order valence-electron chi connectivity index (χ3n) is 2.14. The highest BCUT2D eigenvalue weighted by molar-refractivity contribution is 6.13. The lowest BCUT2D eigenvalue weighted by Gasteiger charge is -2.19. The minimum Gasteiger partial charge on any atom is -0.381 e. The van der Waals surface area contributed by atoms with Crippen molar-refractivity contribution in [2.75, 3.05) is 13.2 Å². The summed E-state index contributed by atoms with van der Waals surface area (Å²) in [5.74, 6) is -0.404. The van der Waals surface area contributed by atoms with E-state index >= 15 is 0 Å². The van der Waals surface area contributed by atoms with E-state index in [-0.39, 0.29) is 0 Å². The smallest absolute Gasteiger partial charge is 0.330 e. The van der Waals surface area contributed by atoms with E-state index in [1.807, 2.05) is 0 Å². The van der Waals surface area contributed by atoms with Gasteiger partial charge in [-0.2, -0.15) is 0 Å². The molecule has 0 aromatic rings. The average Bonchev–Trinajstić information content (AvgIpc) is 2.16. The molecule has 0 rings (SSSR count). The van der Waals surface area contributed by atoms with E-state index < -0.39 is 11.4 Å². The number of unbranched alkanes of at least 4 members (excludes halogenated alkanes) is 1. The van der Waals surface area contributed by atoms with Gasteiger partial charge in [0.25, 0.3) is 0 Å². The standard InChI is InChI=1S/C10H19ClO3/c1-4-5-7-13-8-6-10(2,3)9(12)14-11/h4-8H2,1-3H3. The number of carbonyl (C=O) groups excluding carboxylic acids is 1. The zero-order chi connectivity index (χ0) is 11.0. The third kappa shape index (κ3) is 5.45. The largest absolute Gasteiger partial charge is 0.381 e. The molecule has 4 heteroatoms. The average molecular weight is 223 g/mol. The first-order valence-corrected chi connectivity index (χ1v) is 5.26. The maximum atomic E-state index is 11.1. The number of hydrogen-bond acceptors (Lipinski definition) is 3. The summed E-state index contributed by atoms with van der Waals surface area (Å²) in [5.41, 5.74) is -0.562. The minimum atomic E-state index is -0.562. The molecule has 0 saturated carbocycles. The van der Waals surface area contributed by atoms with Crippen molar-refractivity contribution >= 4 is 17.8 Å². The Kier molecular flexibility index (Phi) is 6.93. The molecule has 0 unspecified atom stereocenters. The van der Waals surface area contributed by atoms with E-state index in [9.17, 15) is 4.79 Å². The molecule has 0 spiro atoms. The highest BCUT2D eigenvalue weighted by atomic mass is 35.5. The molecule has 0 atom stereocenters. The zero-order valence-corrected chi connectivity index (χ0v) is 9.89. The van der Waals surface area contributed by atoms with Crippen LogP contribution in [-0.2, 0) is 13.8 Å². The molecule has 0 aromatic heterocycles. The van der Waals surface area contributed by atoms with E-state index in [1.165, 1.54) is 0 Å². The SMILES string of the molecule is CCCCOCCC(C)(C)C(=O)OCl. The second-order valence-corrected chi connectivity index (χ2v) is 4.12. The molecule has 0 bridgehead atoms. The van der Waals surface area contributed by atoms with Crippen LogP contribution in [-0.4, -0.2) is 19.2 Å². The van der Waals surface area contributed by atoms with Gasteiger partial charge in [-0.05, 0) is 26.7 Å². The van der Waals surface area contributed by atoms with Crippen LogP contribution < -0.4 is 0 Å². The summed E-state index contributed by atoms with van der Waals surface area (Å²) in [4.78, 5) is 11.1. The molecule has 0 aliphatic heterocycles. The van der Waals surface area contributed by atoms with Crippen LogP contribution in [0.4, 0.5) is 0 Å². The number of ether oxygens (including phenoxy) is 1. The minimum absolute atomic E-state index is 0.404.